The molecule has 42 heavy (non-hydrogen) atoms. The number of nitrogens with two attached hydrogens (primary N) is 1. The molecule has 3 unspecified atom stereocenters. The fourth-order valence-electron chi connectivity index (χ4n) is 3.76. The SMILES string of the molecule is CCC(C)COC(=O)Oc1ccc(C[C@](N)(CC(C)OC(=O)CCC(C)C)C(=O)OC)cc1OC(=O)OCC(C)CC. The summed E-state index contributed by atoms with van der Waals surface area (Å²) in [5.74, 6) is -0.694. The predicted octanol–water partition coefficient (Wildman–Crippen LogP) is 5.98. The van der Waals surface area contributed by atoms with Gasteiger partial charge in [-0.15, -0.1) is 0 Å². The van der Waals surface area contributed by atoms with Crippen molar-refractivity contribution in [1.29, 1.82) is 0 Å². The van der Waals surface area contributed by atoms with Crippen LogP contribution in [0.3, 0.4) is 0 Å². The predicted molar refractivity (Wildman–Crippen MR) is 156 cm³/mol. The summed E-state index contributed by atoms with van der Waals surface area (Å²) in [6, 6.07) is 4.40. The first kappa shape index (κ1) is 36.7. The zero-order valence-corrected chi connectivity index (χ0v) is 26.4. The highest BCUT2D eigenvalue weighted by Gasteiger charge is 2.38. The minimum absolute atomic E-state index is 0.0274. The third kappa shape index (κ3) is 13.5. The molecule has 238 valence electrons. The maximum Gasteiger partial charge on any atom is 0.513 e. The van der Waals surface area contributed by atoms with Gasteiger partial charge in [-0.3, -0.25) is 9.59 Å². The molecule has 11 nitrogen and oxygen atoms in total. The van der Waals surface area contributed by atoms with E-state index in [1.807, 2.05) is 41.5 Å². The second-order valence-electron chi connectivity index (χ2n) is 11.4. The molecule has 0 aliphatic carbocycles. The number of hydrogen-bond donors (Lipinski definition) is 1. The van der Waals surface area contributed by atoms with E-state index in [2.05, 4.69) is 0 Å². The van der Waals surface area contributed by atoms with Crippen LogP contribution in [0.15, 0.2) is 18.2 Å². The van der Waals surface area contributed by atoms with Crippen molar-refractivity contribution in [3.63, 3.8) is 0 Å². The van der Waals surface area contributed by atoms with Gasteiger partial charge in [0.2, 0.25) is 0 Å². The van der Waals surface area contributed by atoms with Gasteiger partial charge in [-0.05, 0) is 48.8 Å². The van der Waals surface area contributed by atoms with Gasteiger partial charge in [0, 0.05) is 19.3 Å². The van der Waals surface area contributed by atoms with Gasteiger partial charge in [0.1, 0.15) is 11.6 Å². The summed E-state index contributed by atoms with van der Waals surface area (Å²) in [6.07, 6.45) is -0.166. The molecule has 0 fully saturated rings. The zero-order chi connectivity index (χ0) is 31.9. The van der Waals surface area contributed by atoms with E-state index in [-0.39, 0.29) is 61.8 Å². The summed E-state index contributed by atoms with van der Waals surface area (Å²) in [6.45, 7) is 13.8. The monoisotopic (exact) mass is 595 g/mol. The lowest BCUT2D eigenvalue weighted by Crippen LogP contribution is -2.53. The zero-order valence-electron chi connectivity index (χ0n) is 26.4. The largest absolute Gasteiger partial charge is 0.513 e. The number of rotatable bonds is 17. The molecule has 1 aromatic carbocycles. The Balaban J connectivity index is 3.19. The molecule has 1 rings (SSSR count). The van der Waals surface area contributed by atoms with E-state index < -0.39 is 29.9 Å². The van der Waals surface area contributed by atoms with E-state index in [1.54, 1.807) is 13.0 Å². The van der Waals surface area contributed by atoms with Crippen molar-refractivity contribution < 1.29 is 47.6 Å². The highest BCUT2D eigenvalue weighted by atomic mass is 16.7. The Morgan fingerprint density at radius 1 is 0.857 bits per heavy atom. The van der Waals surface area contributed by atoms with Crippen molar-refractivity contribution >= 4 is 24.2 Å². The Kier molecular flexibility index (Phi) is 15.9. The second-order valence-corrected chi connectivity index (χ2v) is 11.4. The van der Waals surface area contributed by atoms with Crippen LogP contribution in [0.25, 0.3) is 0 Å². The molecule has 0 saturated carbocycles. The van der Waals surface area contributed by atoms with Crippen molar-refractivity contribution in [3.05, 3.63) is 23.8 Å². The van der Waals surface area contributed by atoms with E-state index in [4.69, 9.17) is 34.2 Å². The number of benzene rings is 1. The van der Waals surface area contributed by atoms with E-state index in [0.717, 1.165) is 12.8 Å². The Bertz CT molecular complexity index is 1030. The number of methoxy groups -OCH3 is 1. The lowest BCUT2D eigenvalue weighted by molar-refractivity contribution is -0.155. The van der Waals surface area contributed by atoms with Gasteiger partial charge in [0.05, 0.1) is 20.3 Å². The van der Waals surface area contributed by atoms with Crippen molar-refractivity contribution in [3.8, 4) is 11.5 Å². The van der Waals surface area contributed by atoms with Crippen molar-refractivity contribution in [1.82, 2.24) is 0 Å². The molecule has 0 aliphatic rings. The minimum Gasteiger partial charge on any atom is -0.468 e. The van der Waals surface area contributed by atoms with Gasteiger partial charge in [-0.1, -0.05) is 60.5 Å². The molecule has 11 heteroatoms. The molecule has 0 saturated heterocycles. The van der Waals surface area contributed by atoms with Gasteiger partial charge in [0.15, 0.2) is 11.5 Å². The van der Waals surface area contributed by atoms with Gasteiger partial charge in [0.25, 0.3) is 0 Å². The van der Waals surface area contributed by atoms with Gasteiger partial charge >= 0.3 is 24.2 Å². The Morgan fingerprint density at radius 3 is 1.90 bits per heavy atom. The quantitative estimate of drug-likeness (QED) is 0.129. The number of carbonyl (C=O) groups is 4. The fraction of sp³-hybridized carbons (Fsp3) is 0.677. The summed E-state index contributed by atoms with van der Waals surface area (Å²) in [5, 5.41) is 0. The smallest absolute Gasteiger partial charge is 0.468 e. The van der Waals surface area contributed by atoms with Gasteiger partial charge in [-0.25, -0.2) is 9.59 Å². The molecule has 0 heterocycles. The Labute approximate surface area is 249 Å². The average Bonchev–Trinajstić information content (AvgIpc) is 2.93. The molecule has 2 N–H and O–H groups in total. The van der Waals surface area contributed by atoms with Gasteiger partial charge in [-0.2, -0.15) is 0 Å². The first-order chi connectivity index (χ1) is 19.7. The summed E-state index contributed by atoms with van der Waals surface area (Å²) in [5.41, 5.74) is 5.41. The topological polar surface area (TPSA) is 150 Å². The second kappa shape index (κ2) is 18.3. The highest BCUT2D eigenvalue weighted by Crippen LogP contribution is 2.32. The van der Waals surface area contributed by atoms with E-state index in [1.165, 1.54) is 19.2 Å². The van der Waals surface area contributed by atoms with Gasteiger partial charge < -0.3 is 34.2 Å². The minimum atomic E-state index is -1.58. The van der Waals surface area contributed by atoms with Crippen LogP contribution in [0, 0.1) is 17.8 Å². The number of esters is 2. The Morgan fingerprint density at radius 2 is 1.40 bits per heavy atom. The first-order valence-corrected chi connectivity index (χ1v) is 14.6. The standard InChI is InChI=1S/C31H49NO10/c1-9-21(5)18-38-29(35)41-25-13-12-24(15-26(25)42-30(36)39-19-22(6)10-2)17-31(32,28(34)37-8)16-23(7)40-27(33)14-11-20(3)4/h12-13,15,20-23H,9-11,14,16-19,32H2,1-8H3/t21?,22?,23?,31-/m1/s1. The summed E-state index contributed by atoms with van der Waals surface area (Å²) >= 11 is 0. The fourth-order valence-corrected chi connectivity index (χ4v) is 3.76. The average molecular weight is 596 g/mol. The molecule has 0 radical (unpaired) electrons. The molecular weight excluding hydrogens is 546 g/mol. The first-order valence-electron chi connectivity index (χ1n) is 14.6. The van der Waals surface area contributed by atoms with Crippen LogP contribution in [0.1, 0.15) is 86.1 Å². The molecular formula is C31H49NO10. The third-order valence-electron chi connectivity index (χ3n) is 6.78. The summed E-state index contributed by atoms with van der Waals surface area (Å²) in [4.78, 5) is 49.8. The van der Waals surface area contributed by atoms with Crippen LogP contribution in [-0.2, 0) is 35.0 Å². The molecule has 0 aliphatic heterocycles. The highest BCUT2D eigenvalue weighted by molar-refractivity contribution is 5.81. The van der Waals surface area contributed by atoms with Crippen LogP contribution >= 0.6 is 0 Å². The normalized spacial score (nSPS) is 14.6. The van der Waals surface area contributed by atoms with Crippen LogP contribution in [-0.4, -0.2) is 56.2 Å². The van der Waals surface area contributed by atoms with Crippen molar-refractivity contribution in [2.24, 2.45) is 23.5 Å². The number of ether oxygens (including phenoxy) is 6. The van der Waals surface area contributed by atoms with E-state index >= 15 is 0 Å². The van der Waals surface area contributed by atoms with Crippen LogP contribution in [0.5, 0.6) is 11.5 Å². The van der Waals surface area contributed by atoms with Crippen molar-refractivity contribution in [2.45, 2.75) is 98.6 Å². The molecule has 0 spiro atoms. The van der Waals surface area contributed by atoms with Crippen LogP contribution in [0.4, 0.5) is 9.59 Å². The van der Waals surface area contributed by atoms with Crippen molar-refractivity contribution in [2.75, 3.05) is 20.3 Å². The van der Waals surface area contributed by atoms with Crippen LogP contribution < -0.4 is 15.2 Å². The maximum absolute atomic E-state index is 12.8. The summed E-state index contributed by atoms with van der Waals surface area (Å²) < 4.78 is 31.5. The maximum atomic E-state index is 12.8. The van der Waals surface area contributed by atoms with E-state index in [0.29, 0.717) is 17.9 Å². The molecule has 0 bridgehead atoms. The van der Waals surface area contributed by atoms with Crippen LogP contribution in [0.2, 0.25) is 0 Å². The lowest BCUT2D eigenvalue weighted by Gasteiger charge is -2.29. The molecule has 0 amide bonds. The number of carbonyl (C=O) groups excluding carboxylic acids is 4. The Hall–Kier alpha value is -3.34. The number of hydrogen-bond acceptors (Lipinski definition) is 11. The lowest BCUT2D eigenvalue weighted by atomic mass is 9.86. The summed E-state index contributed by atoms with van der Waals surface area (Å²) in [7, 11) is 1.22. The molecule has 4 atom stereocenters. The molecule has 1 aromatic rings. The third-order valence-corrected chi connectivity index (χ3v) is 6.78. The molecule has 0 aromatic heterocycles. The van der Waals surface area contributed by atoms with E-state index in [9.17, 15) is 19.2 Å².